The molecule has 1 aromatic rings. The second kappa shape index (κ2) is 5.44. The molecule has 0 saturated heterocycles. The molecule has 0 saturated carbocycles. The predicted octanol–water partition coefficient (Wildman–Crippen LogP) is 0.541. The Morgan fingerprint density at radius 3 is 2.28 bits per heavy atom. The van der Waals surface area contributed by atoms with E-state index in [1.54, 1.807) is 6.92 Å². The van der Waals surface area contributed by atoms with Crippen molar-refractivity contribution in [3.63, 3.8) is 0 Å². The molecule has 2 amide bonds. The van der Waals surface area contributed by atoms with Crippen LogP contribution in [0.1, 0.15) is 23.7 Å². The number of hydrogen-bond donors (Lipinski definition) is 3. The topological polar surface area (TPSA) is 98.2 Å². The lowest BCUT2D eigenvalue weighted by Gasteiger charge is -2.12. The van der Waals surface area contributed by atoms with Crippen molar-refractivity contribution in [1.29, 1.82) is 0 Å². The number of halogens is 2. The highest BCUT2D eigenvalue weighted by Gasteiger charge is 2.15. The van der Waals surface area contributed by atoms with Gasteiger partial charge in [-0.2, -0.15) is 0 Å². The number of carbonyl (C=O) groups excluding carboxylic acids is 2. The van der Waals surface area contributed by atoms with Crippen LogP contribution >= 0.6 is 0 Å². The number of nitrogen functional groups attached to an aromatic ring is 1. The van der Waals surface area contributed by atoms with Crippen molar-refractivity contribution in [2.75, 3.05) is 5.73 Å². The molecular weight excluding hydrogens is 244 g/mol. The van der Waals surface area contributed by atoms with Crippen LogP contribution in [0.4, 0.5) is 14.5 Å². The van der Waals surface area contributed by atoms with Gasteiger partial charge in [0.25, 0.3) is 5.91 Å². The van der Waals surface area contributed by atoms with E-state index in [0.29, 0.717) is 0 Å². The fourth-order valence-corrected chi connectivity index (χ4v) is 1.38. The molecule has 0 radical (unpaired) electrons. The predicted molar refractivity (Wildman–Crippen MR) is 61.5 cm³/mol. The minimum atomic E-state index is -1.01. The van der Waals surface area contributed by atoms with Gasteiger partial charge >= 0.3 is 0 Å². The standard InChI is InChI=1S/C11H13F2N3O2/c1-5(2-9(14)17)16-11(18)6-3-7(12)10(15)8(13)4-6/h3-5H,2,15H2,1H3,(H2,14,17)(H,16,18). The molecule has 1 rings (SSSR count). The van der Waals surface area contributed by atoms with Gasteiger partial charge in [0.05, 0.1) is 0 Å². The van der Waals surface area contributed by atoms with Gasteiger partial charge < -0.3 is 16.8 Å². The summed E-state index contributed by atoms with van der Waals surface area (Å²) < 4.78 is 26.3. The van der Waals surface area contributed by atoms with Crippen molar-refractivity contribution >= 4 is 17.5 Å². The summed E-state index contributed by atoms with van der Waals surface area (Å²) in [7, 11) is 0. The zero-order valence-corrected chi connectivity index (χ0v) is 9.67. The fraction of sp³-hybridized carbons (Fsp3) is 0.273. The summed E-state index contributed by atoms with van der Waals surface area (Å²) in [6.45, 7) is 1.55. The number of benzene rings is 1. The lowest BCUT2D eigenvalue weighted by Crippen LogP contribution is -2.35. The quantitative estimate of drug-likeness (QED) is 0.686. The van der Waals surface area contributed by atoms with Gasteiger partial charge in [-0.1, -0.05) is 0 Å². The van der Waals surface area contributed by atoms with Crippen molar-refractivity contribution in [2.45, 2.75) is 19.4 Å². The molecule has 0 aliphatic heterocycles. The van der Waals surface area contributed by atoms with E-state index >= 15 is 0 Å². The molecule has 1 atom stereocenters. The highest BCUT2D eigenvalue weighted by Crippen LogP contribution is 2.17. The van der Waals surface area contributed by atoms with Crippen LogP contribution in [-0.2, 0) is 4.79 Å². The van der Waals surface area contributed by atoms with Crippen LogP contribution in [0.2, 0.25) is 0 Å². The van der Waals surface area contributed by atoms with Crippen LogP contribution in [0, 0.1) is 11.6 Å². The summed E-state index contributed by atoms with van der Waals surface area (Å²) in [6, 6.07) is 1.12. The van der Waals surface area contributed by atoms with Crippen LogP contribution < -0.4 is 16.8 Å². The Bertz CT molecular complexity index is 468. The number of amides is 2. The van der Waals surface area contributed by atoms with Gasteiger partial charge in [0.15, 0.2) is 0 Å². The van der Waals surface area contributed by atoms with Gasteiger partial charge in [-0.25, -0.2) is 8.78 Å². The SMILES string of the molecule is CC(CC(N)=O)NC(=O)c1cc(F)c(N)c(F)c1. The van der Waals surface area contributed by atoms with Gasteiger partial charge in [-0.15, -0.1) is 0 Å². The first kappa shape index (κ1) is 13.9. The van der Waals surface area contributed by atoms with Crippen LogP contribution in [0.15, 0.2) is 12.1 Å². The lowest BCUT2D eigenvalue weighted by molar-refractivity contribution is -0.118. The third kappa shape index (κ3) is 3.41. The van der Waals surface area contributed by atoms with Gasteiger partial charge in [0.2, 0.25) is 5.91 Å². The van der Waals surface area contributed by atoms with Crippen molar-refractivity contribution in [2.24, 2.45) is 5.73 Å². The van der Waals surface area contributed by atoms with E-state index in [4.69, 9.17) is 11.5 Å². The number of primary amides is 1. The second-order valence-electron chi connectivity index (χ2n) is 3.90. The Labute approximate surface area is 102 Å². The van der Waals surface area contributed by atoms with E-state index in [2.05, 4.69) is 5.32 Å². The van der Waals surface area contributed by atoms with E-state index in [-0.39, 0.29) is 12.0 Å². The molecule has 0 heterocycles. The van der Waals surface area contributed by atoms with E-state index < -0.39 is 35.2 Å². The highest BCUT2D eigenvalue weighted by molar-refractivity contribution is 5.95. The van der Waals surface area contributed by atoms with Crippen LogP contribution in [0.25, 0.3) is 0 Å². The first-order valence-electron chi connectivity index (χ1n) is 5.15. The Balaban J connectivity index is 2.82. The Hall–Kier alpha value is -2.18. The van der Waals surface area contributed by atoms with Gasteiger partial charge in [-0.05, 0) is 19.1 Å². The van der Waals surface area contributed by atoms with Crippen molar-refractivity contribution in [1.82, 2.24) is 5.32 Å². The second-order valence-corrected chi connectivity index (χ2v) is 3.90. The smallest absolute Gasteiger partial charge is 0.251 e. The lowest BCUT2D eigenvalue weighted by atomic mass is 10.1. The first-order chi connectivity index (χ1) is 8.31. The fourth-order valence-electron chi connectivity index (χ4n) is 1.38. The molecule has 1 aromatic carbocycles. The molecule has 0 bridgehead atoms. The molecular formula is C11H13F2N3O2. The van der Waals surface area contributed by atoms with Crippen LogP contribution in [0.3, 0.4) is 0 Å². The summed E-state index contributed by atoms with van der Waals surface area (Å²) in [4.78, 5) is 22.2. The summed E-state index contributed by atoms with van der Waals surface area (Å²) in [5, 5.41) is 2.39. The summed E-state index contributed by atoms with van der Waals surface area (Å²) in [5.41, 5.74) is 9.17. The maximum absolute atomic E-state index is 13.1. The third-order valence-corrected chi connectivity index (χ3v) is 2.23. The third-order valence-electron chi connectivity index (χ3n) is 2.23. The van der Waals surface area contributed by atoms with Crippen molar-refractivity contribution in [3.05, 3.63) is 29.3 Å². The summed E-state index contributed by atoms with van der Waals surface area (Å²) >= 11 is 0. The van der Waals surface area contributed by atoms with Crippen LogP contribution in [-0.4, -0.2) is 17.9 Å². The molecule has 18 heavy (non-hydrogen) atoms. The van der Waals surface area contributed by atoms with Crippen LogP contribution in [0.5, 0.6) is 0 Å². The minimum absolute atomic E-state index is 0.0638. The molecule has 0 spiro atoms. The van der Waals surface area contributed by atoms with Gasteiger partial charge in [0, 0.05) is 18.0 Å². The molecule has 0 aromatic heterocycles. The number of nitrogens with one attached hydrogen (secondary N) is 1. The average molecular weight is 257 g/mol. The Kier molecular flexibility index (Phi) is 4.19. The molecule has 5 N–H and O–H groups in total. The molecule has 98 valence electrons. The number of anilines is 1. The normalized spacial score (nSPS) is 11.9. The zero-order valence-electron chi connectivity index (χ0n) is 9.67. The van der Waals surface area contributed by atoms with Crippen molar-refractivity contribution < 1.29 is 18.4 Å². The Morgan fingerprint density at radius 1 is 1.33 bits per heavy atom. The van der Waals surface area contributed by atoms with Gasteiger partial charge in [-0.3, -0.25) is 9.59 Å². The maximum atomic E-state index is 13.1. The number of hydrogen-bond acceptors (Lipinski definition) is 3. The van der Waals surface area contributed by atoms with Gasteiger partial charge in [0.1, 0.15) is 17.3 Å². The van der Waals surface area contributed by atoms with E-state index in [0.717, 1.165) is 12.1 Å². The molecule has 1 unspecified atom stereocenters. The number of nitrogens with two attached hydrogens (primary N) is 2. The van der Waals surface area contributed by atoms with E-state index in [1.807, 2.05) is 0 Å². The number of carbonyl (C=O) groups is 2. The van der Waals surface area contributed by atoms with E-state index in [9.17, 15) is 18.4 Å². The molecule has 0 aliphatic rings. The Morgan fingerprint density at radius 2 is 1.83 bits per heavy atom. The minimum Gasteiger partial charge on any atom is -0.394 e. The first-order valence-corrected chi connectivity index (χ1v) is 5.15. The average Bonchev–Trinajstić information content (AvgIpc) is 2.23. The zero-order chi connectivity index (χ0) is 13.9. The summed E-state index contributed by atoms with van der Waals surface area (Å²) in [5.74, 6) is -3.32. The largest absolute Gasteiger partial charge is 0.394 e. The monoisotopic (exact) mass is 257 g/mol. The highest BCUT2D eigenvalue weighted by atomic mass is 19.1. The maximum Gasteiger partial charge on any atom is 0.251 e. The molecule has 5 nitrogen and oxygen atoms in total. The van der Waals surface area contributed by atoms with Crippen molar-refractivity contribution in [3.8, 4) is 0 Å². The summed E-state index contributed by atoms with van der Waals surface area (Å²) in [6.07, 6.45) is -0.0638. The molecule has 7 heteroatoms. The number of rotatable bonds is 4. The molecule has 0 aliphatic carbocycles. The van der Waals surface area contributed by atoms with E-state index in [1.165, 1.54) is 0 Å². The molecule has 0 fully saturated rings.